The Balaban J connectivity index is 1.36. The molecule has 1 N–H and O–H groups in total. The van der Waals surface area contributed by atoms with Gasteiger partial charge in [-0.15, -0.1) is 5.10 Å². The maximum atomic E-state index is 12.8. The van der Waals surface area contributed by atoms with Crippen LogP contribution >= 0.6 is 0 Å². The second-order valence-corrected chi connectivity index (χ2v) is 8.23. The molecule has 1 amide bonds. The van der Waals surface area contributed by atoms with Crippen LogP contribution in [0.15, 0.2) is 48.5 Å². The van der Waals surface area contributed by atoms with E-state index in [1.165, 1.54) is 27.9 Å². The van der Waals surface area contributed by atoms with E-state index in [1.54, 1.807) is 19.1 Å². The van der Waals surface area contributed by atoms with Crippen molar-refractivity contribution >= 4 is 11.6 Å². The molecule has 0 aliphatic carbocycles. The molecule has 0 atom stereocenters. The minimum atomic E-state index is -0.464. The number of aryl methyl sites for hydroxylation is 1. The minimum Gasteiger partial charge on any atom is -0.348 e. The number of hydrogen-bond donors (Lipinski definition) is 1. The Kier molecular flexibility index (Phi) is 6.27. The van der Waals surface area contributed by atoms with E-state index >= 15 is 0 Å². The van der Waals surface area contributed by atoms with Crippen LogP contribution in [0.1, 0.15) is 40.2 Å². The molecule has 4 rings (SSSR count). The maximum Gasteiger partial charge on any atom is 0.273 e. The van der Waals surface area contributed by atoms with E-state index in [1.807, 2.05) is 0 Å². The smallest absolute Gasteiger partial charge is 0.273 e. The highest BCUT2D eigenvalue weighted by Gasteiger charge is 2.24. The van der Waals surface area contributed by atoms with Crippen LogP contribution in [0.4, 0.5) is 5.69 Å². The number of rotatable bonds is 6. The fourth-order valence-electron chi connectivity index (χ4n) is 4.08. The minimum absolute atomic E-state index is 0.0409. The topological polar surface area (TPSA) is 106 Å². The predicted molar refractivity (Wildman–Crippen MR) is 120 cm³/mol. The van der Waals surface area contributed by atoms with Crippen LogP contribution in [-0.4, -0.2) is 49.9 Å². The molecule has 1 aromatic heterocycles. The zero-order valence-electron chi connectivity index (χ0n) is 18.2. The Labute approximate surface area is 186 Å². The first-order chi connectivity index (χ1) is 15.4. The first-order valence-electron chi connectivity index (χ1n) is 10.7. The monoisotopic (exact) mass is 434 g/mol. The molecule has 0 unspecified atom stereocenters. The Hall–Kier alpha value is -3.59. The third-order valence-electron chi connectivity index (χ3n) is 5.81. The van der Waals surface area contributed by atoms with Crippen molar-refractivity contribution in [2.45, 2.75) is 39.3 Å². The first-order valence-corrected chi connectivity index (χ1v) is 10.7. The lowest BCUT2D eigenvalue weighted by Gasteiger charge is -2.32. The van der Waals surface area contributed by atoms with E-state index in [9.17, 15) is 14.9 Å². The molecule has 0 spiro atoms. The van der Waals surface area contributed by atoms with Crippen LogP contribution in [0, 0.1) is 24.0 Å². The number of nitro groups is 1. The number of nitro benzene ring substituents is 1. The maximum absolute atomic E-state index is 12.8. The van der Waals surface area contributed by atoms with Crippen molar-refractivity contribution < 1.29 is 9.72 Å². The summed E-state index contributed by atoms with van der Waals surface area (Å²) < 4.78 is 1.45. The van der Waals surface area contributed by atoms with Crippen molar-refractivity contribution in [1.29, 1.82) is 0 Å². The predicted octanol–water partition coefficient (Wildman–Crippen LogP) is 3.19. The average Bonchev–Trinajstić information content (AvgIpc) is 3.16. The van der Waals surface area contributed by atoms with E-state index < -0.39 is 4.92 Å². The number of nitrogens with one attached hydrogen (secondary N) is 1. The van der Waals surface area contributed by atoms with E-state index in [2.05, 4.69) is 51.7 Å². The molecule has 0 radical (unpaired) electrons. The molecule has 1 fully saturated rings. The van der Waals surface area contributed by atoms with Gasteiger partial charge in [0.15, 0.2) is 5.69 Å². The van der Waals surface area contributed by atoms with Gasteiger partial charge in [0.25, 0.3) is 11.6 Å². The molecular weight excluding hydrogens is 408 g/mol. The van der Waals surface area contributed by atoms with Crippen LogP contribution < -0.4 is 5.32 Å². The Morgan fingerprint density at radius 1 is 1.16 bits per heavy atom. The van der Waals surface area contributed by atoms with Crippen molar-refractivity contribution in [1.82, 2.24) is 25.2 Å². The SMILES string of the molecule is Cc1cccc(CN2CCC(NC(=O)c3nnn(-c4cccc([N+](=O)[O-])c4)c3C)CC2)c1. The lowest BCUT2D eigenvalue weighted by molar-refractivity contribution is -0.384. The summed E-state index contributed by atoms with van der Waals surface area (Å²) in [5, 5.41) is 22.2. The summed E-state index contributed by atoms with van der Waals surface area (Å²) in [6.07, 6.45) is 1.74. The Morgan fingerprint density at radius 3 is 2.62 bits per heavy atom. The number of hydrogen-bond acceptors (Lipinski definition) is 6. The fraction of sp³-hybridized carbons (Fsp3) is 0.348. The van der Waals surface area contributed by atoms with Crippen LogP contribution in [0.2, 0.25) is 0 Å². The lowest BCUT2D eigenvalue weighted by atomic mass is 10.0. The van der Waals surface area contributed by atoms with Gasteiger partial charge in [-0.05, 0) is 38.3 Å². The van der Waals surface area contributed by atoms with Crippen LogP contribution in [0.5, 0.6) is 0 Å². The van der Waals surface area contributed by atoms with E-state index in [4.69, 9.17) is 0 Å². The third-order valence-corrected chi connectivity index (χ3v) is 5.81. The van der Waals surface area contributed by atoms with Gasteiger partial charge in [-0.1, -0.05) is 41.1 Å². The van der Waals surface area contributed by atoms with Crippen molar-refractivity contribution in [2.24, 2.45) is 0 Å². The Bertz CT molecular complexity index is 1130. The largest absolute Gasteiger partial charge is 0.348 e. The normalized spacial score (nSPS) is 14.9. The summed E-state index contributed by atoms with van der Waals surface area (Å²) in [6, 6.07) is 14.7. The number of likely N-dealkylation sites (tertiary alicyclic amines) is 1. The molecule has 2 aromatic carbocycles. The van der Waals surface area contributed by atoms with Gasteiger partial charge in [-0.25, -0.2) is 4.68 Å². The lowest BCUT2D eigenvalue weighted by Crippen LogP contribution is -2.44. The third kappa shape index (κ3) is 4.83. The zero-order chi connectivity index (χ0) is 22.7. The van der Waals surface area contributed by atoms with Gasteiger partial charge in [0.05, 0.1) is 16.3 Å². The Morgan fingerprint density at radius 2 is 1.91 bits per heavy atom. The standard InChI is InChI=1S/C23H26N6O3/c1-16-5-3-6-18(13-16)15-27-11-9-19(10-12-27)24-23(30)22-17(2)28(26-25-22)20-7-4-8-21(14-20)29(31)32/h3-8,13-14,19H,9-12,15H2,1-2H3,(H,24,30). The van der Waals surface area contributed by atoms with Gasteiger partial charge in [-0.2, -0.15) is 0 Å². The fourth-order valence-corrected chi connectivity index (χ4v) is 4.08. The highest BCUT2D eigenvalue weighted by molar-refractivity contribution is 5.93. The molecule has 1 aliphatic rings. The second kappa shape index (κ2) is 9.27. The first kappa shape index (κ1) is 21.6. The highest BCUT2D eigenvalue weighted by atomic mass is 16.6. The molecule has 0 bridgehead atoms. The quantitative estimate of drug-likeness (QED) is 0.472. The molecule has 2 heterocycles. The molecule has 1 saturated heterocycles. The molecule has 1 aliphatic heterocycles. The van der Waals surface area contributed by atoms with Crippen LogP contribution in [-0.2, 0) is 6.54 Å². The number of nitrogens with zero attached hydrogens (tertiary/aromatic N) is 5. The number of non-ortho nitro benzene ring substituents is 1. The van der Waals surface area contributed by atoms with E-state index in [0.717, 1.165) is 32.5 Å². The summed E-state index contributed by atoms with van der Waals surface area (Å²) in [5.41, 5.74) is 3.80. The van der Waals surface area contributed by atoms with Gasteiger partial charge < -0.3 is 5.32 Å². The van der Waals surface area contributed by atoms with Crippen molar-refractivity contribution in [3.8, 4) is 5.69 Å². The van der Waals surface area contributed by atoms with Crippen molar-refractivity contribution in [2.75, 3.05) is 13.1 Å². The number of amides is 1. The van der Waals surface area contributed by atoms with Crippen LogP contribution in [0.3, 0.4) is 0 Å². The number of piperidine rings is 1. The van der Waals surface area contributed by atoms with Gasteiger partial charge in [0.1, 0.15) is 0 Å². The van der Waals surface area contributed by atoms with Crippen molar-refractivity contribution in [3.63, 3.8) is 0 Å². The number of aromatic nitrogens is 3. The second-order valence-electron chi connectivity index (χ2n) is 8.23. The van der Waals surface area contributed by atoms with Crippen LogP contribution in [0.25, 0.3) is 5.69 Å². The molecule has 3 aromatic rings. The number of carbonyl (C=O) groups excluding carboxylic acids is 1. The zero-order valence-corrected chi connectivity index (χ0v) is 18.2. The van der Waals surface area contributed by atoms with Gasteiger partial charge >= 0.3 is 0 Å². The summed E-state index contributed by atoms with van der Waals surface area (Å²) in [4.78, 5) is 25.8. The molecular formula is C23H26N6O3. The summed E-state index contributed by atoms with van der Waals surface area (Å²) >= 11 is 0. The molecule has 9 heteroatoms. The van der Waals surface area contributed by atoms with Crippen molar-refractivity contribution in [3.05, 3.63) is 81.2 Å². The summed E-state index contributed by atoms with van der Waals surface area (Å²) in [6.45, 7) is 6.58. The van der Waals surface area contributed by atoms with Gasteiger partial charge in [0, 0.05) is 37.8 Å². The highest BCUT2D eigenvalue weighted by Crippen LogP contribution is 2.19. The number of benzene rings is 2. The molecule has 0 saturated carbocycles. The summed E-state index contributed by atoms with van der Waals surface area (Å²) in [5.74, 6) is -0.267. The van der Waals surface area contributed by atoms with Gasteiger partial charge in [0.2, 0.25) is 0 Å². The van der Waals surface area contributed by atoms with Gasteiger partial charge in [-0.3, -0.25) is 19.8 Å². The average molecular weight is 435 g/mol. The molecule has 166 valence electrons. The molecule has 32 heavy (non-hydrogen) atoms. The summed E-state index contributed by atoms with van der Waals surface area (Å²) in [7, 11) is 0. The number of carbonyl (C=O) groups is 1. The van der Waals surface area contributed by atoms with E-state index in [0.29, 0.717) is 11.4 Å². The molecule has 9 nitrogen and oxygen atoms in total. The van der Waals surface area contributed by atoms with E-state index in [-0.39, 0.29) is 23.3 Å².